The van der Waals surface area contributed by atoms with Gasteiger partial charge in [0.1, 0.15) is 28.1 Å². The Kier molecular flexibility index (Phi) is 8.25. The maximum atomic E-state index is 12.7. The standard InChI is InChI=1S/C25H31N3O6S/c1-25(2,3)34-24(29)28-14-12-21(17-28)33-20-8-5-18(6-9-20)11-13-27-35(30,31)23-15-19(16-26)7-10-22(23)32-4/h5-10,15,21,27H,11-14,17H2,1-4H3/t21-/m0/s1. The van der Waals surface area contributed by atoms with Gasteiger partial charge in [0.15, 0.2) is 0 Å². The van der Waals surface area contributed by atoms with Crippen LogP contribution in [0.15, 0.2) is 47.4 Å². The average Bonchev–Trinajstić information content (AvgIpc) is 3.27. The van der Waals surface area contributed by atoms with Crippen molar-refractivity contribution in [2.45, 2.75) is 50.2 Å². The third-order valence-corrected chi connectivity index (χ3v) is 6.79. The summed E-state index contributed by atoms with van der Waals surface area (Å²) >= 11 is 0. The molecule has 1 fully saturated rings. The summed E-state index contributed by atoms with van der Waals surface area (Å²) in [5.41, 5.74) is 0.630. The number of nitrogens with zero attached hydrogens (tertiary/aromatic N) is 2. The number of hydrogen-bond acceptors (Lipinski definition) is 7. The number of rotatable bonds is 8. The number of ether oxygens (including phenoxy) is 3. The third-order valence-electron chi connectivity index (χ3n) is 5.31. The molecule has 2 aromatic carbocycles. The molecule has 0 unspecified atom stereocenters. The van der Waals surface area contributed by atoms with Gasteiger partial charge in [-0.2, -0.15) is 5.26 Å². The fourth-order valence-electron chi connectivity index (χ4n) is 3.61. The molecule has 0 bridgehead atoms. The first-order chi connectivity index (χ1) is 16.5. The first-order valence-corrected chi connectivity index (χ1v) is 12.8. The zero-order valence-electron chi connectivity index (χ0n) is 20.4. The van der Waals surface area contributed by atoms with Gasteiger partial charge in [-0.25, -0.2) is 17.9 Å². The van der Waals surface area contributed by atoms with E-state index in [4.69, 9.17) is 19.5 Å². The topological polar surface area (TPSA) is 118 Å². The summed E-state index contributed by atoms with van der Waals surface area (Å²) in [6.45, 7) is 6.74. The van der Waals surface area contributed by atoms with Gasteiger partial charge in [0.2, 0.25) is 10.0 Å². The number of carbonyl (C=O) groups is 1. The van der Waals surface area contributed by atoms with Gasteiger partial charge in [-0.05, 0) is 63.1 Å². The van der Waals surface area contributed by atoms with Crippen molar-refractivity contribution in [2.75, 3.05) is 26.7 Å². The maximum absolute atomic E-state index is 12.7. The Bertz CT molecular complexity index is 1180. The number of methoxy groups -OCH3 is 1. The number of benzene rings is 2. The van der Waals surface area contributed by atoms with Gasteiger partial charge < -0.3 is 19.1 Å². The second kappa shape index (κ2) is 11.0. The highest BCUT2D eigenvalue weighted by molar-refractivity contribution is 7.89. The van der Waals surface area contributed by atoms with E-state index in [1.807, 2.05) is 51.1 Å². The van der Waals surface area contributed by atoms with Gasteiger partial charge in [0, 0.05) is 19.5 Å². The van der Waals surface area contributed by atoms with Gasteiger partial charge >= 0.3 is 6.09 Å². The molecule has 1 aliphatic rings. The lowest BCUT2D eigenvalue weighted by Crippen LogP contribution is -2.36. The number of carbonyl (C=O) groups excluding carboxylic acids is 1. The highest BCUT2D eigenvalue weighted by Crippen LogP contribution is 2.25. The molecule has 0 aromatic heterocycles. The van der Waals surface area contributed by atoms with Crippen LogP contribution in [0, 0.1) is 11.3 Å². The normalized spacial score (nSPS) is 16.0. The van der Waals surface area contributed by atoms with Crippen LogP contribution in [0.25, 0.3) is 0 Å². The lowest BCUT2D eigenvalue weighted by atomic mass is 10.1. The highest BCUT2D eigenvalue weighted by Gasteiger charge is 2.30. The number of amides is 1. The van der Waals surface area contributed by atoms with Crippen molar-refractivity contribution < 1.29 is 27.4 Å². The van der Waals surface area contributed by atoms with E-state index in [2.05, 4.69) is 4.72 Å². The molecule has 0 radical (unpaired) electrons. The second-order valence-electron chi connectivity index (χ2n) is 9.22. The average molecular weight is 502 g/mol. The summed E-state index contributed by atoms with van der Waals surface area (Å²) in [5, 5.41) is 9.07. The van der Waals surface area contributed by atoms with Crippen LogP contribution < -0.4 is 14.2 Å². The van der Waals surface area contributed by atoms with Gasteiger partial charge in [0.05, 0.1) is 25.3 Å². The van der Waals surface area contributed by atoms with Crippen molar-refractivity contribution in [1.29, 1.82) is 5.26 Å². The second-order valence-corrected chi connectivity index (χ2v) is 11.0. The quantitative estimate of drug-likeness (QED) is 0.588. The summed E-state index contributed by atoms with van der Waals surface area (Å²) in [4.78, 5) is 13.8. The van der Waals surface area contributed by atoms with E-state index in [0.717, 1.165) is 12.0 Å². The zero-order chi connectivity index (χ0) is 25.6. The molecule has 9 nitrogen and oxygen atoms in total. The third kappa shape index (κ3) is 7.34. The van der Waals surface area contributed by atoms with Crippen molar-refractivity contribution >= 4 is 16.1 Å². The molecule has 1 heterocycles. The Hall–Kier alpha value is -3.29. The van der Waals surface area contributed by atoms with Crippen LogP contribution in [0.5, 0.6) is 11.5 Å². The largest absolute Gasteiger partial charge is 0.495 e. The maximum Gasteiger partial charge on any atom is 0.410 e. The van der Waals surface area contributed by atoms with Crippen molar-refractivity contribution in [3.63, 3.8) is 0 Å². The molecule has 3 rings (SSSR count). The number of hydrogen-bond donors (Lipinski definition) is 1. The Balaban J connectivity index is 1.51. The lowest BCUT2D eigenvalue weighted by Gasteiger charge is -2.24. The summed E-state index contributed by atoms with van der Waals surface area (Å²) < 4.78 is 44.5. The van der Waals surface area contributed by atoms with Crippen molar-refractivity contribution in [3.8, 4) is 17.6 Å². The Morgan fingerprint density at radius 2 is 1.91 bits per heavy atom. The van der Waals surface area contributed by atoms with E-state index in [0.29, 0.717) is 25.3 Å². The number of nitrogens with one attached hydrogen (secondary N) is 1. The lowest BCUT2D eigenvalue weighted by molar-refractivity contribution is 0.0275. The molecule has 1 N–H and O–H groups in total. The Labute approximate surface area is 206 Å². The molecule has 1 aliphatic heterocycles. The molecule has 0 saturated carbocycles. The first-order valence-electron chi connectivity index (χ1n) is 11.3. The fourth-order valence-corrected chi connectivity index (χ4v) is 4.83. The monoisotopic (exact) mass is 501 g/mol. The highest BCUT2D eigenvalue weighted by atomic mass is 32.2. The van der Waals surface area contributed by atoms with Crippen LogP contribution in [0.4, 0.5) is 4.79 Å². The molecular formula is C25H31N3O6S. The molecule has 0 aliphatic carbocycles. The van der Waals surface area contributed by atoms with E-state index in [9.17, 15) is 13.2 Å². The van der Waals surface area contributed by atoms with E-state index >= 15 is 0 Å². The Morgan fingerprint density at radius 3 is 2.54 bits per heavy atom. The molecular weight excluding hydrogens is 470 g/mol. The zero-order valence-corrected chi connectivity index (χ0v) is 21.2. The molecule has 1 saturated heterocycles. The van der Waals surface area contributed by atoms with Crippen LogP contribution in [0.1, 0.15) is 38.3 Å². The van der Waals surface area contributed by atoms with Crippen LogP contribution in [-0.2, 0) is 21.2 Å². The van der Waals surface area contributed by atoms with Crippen LogP contribution in [0.3, 0.4) is 0 Å². The molecule has 1 atom stereocenters. The Morgan fingerprint density at radius 1 is 1.20 bits per heavy atom. The molecule has 1 amide bonds. The van der Waals surface area contributed by atoms with Crippen LogP contribution >= 0.6 is 0 Å². The summed E-state index contributed by atoms with van der Waals surface area (Å²) in [5.74, 6) is 0.860. The number of likely N-dealkylation sites (tertiary alicyclic amines) is 1. The predicted octanol–water partition coefficient (Wildman–Crippen LogP) is 3.48. The minimum Gasteiger partial charge on any atom is -0.495 e. The first kappa shape index (κ1) is 26.3. The molecule has 188 valence electrons. The van der Waals surface area contributed by atoms with E-state index in [1.165, 1.54) is 25.3 Å². The molecule has 35 heavy (non-hydrogen) atoms. The van der Waals surface area contributed by atoms with Crippen molar-refractivity contribution in [2.24, 2.45) is 0 Å². The minimum atomic E-state index is -3.85. The molecule has 10 heteroatoms. The van der Waals surface area contributed by atoms with Crippen LogP contribution in [0.2, 0.25) is 0 Å². The van der Waals surface area contributed by atoms with Gasteiger partial charge in [0.25, 0.3) is 0 Å². The SMILES string of the molecule is COc1ccc(C#N)cc1S(=O)(=O)NCCc1ccc(O[C@H]2CCN(C(=O)OC(C)(C)C)C2)cc1. The number of sulfonamides is 1. The van der Waals surface area contributed by atoms with Crippen molar-refractivity contribution in [3.05, 3.63) is 53.6 Å². The smallest absolute Gasteiger partial charge is 0.410 e. The van der Waals surface area contributed by atoms with Gasteiger partial charge in [-0.1, -0.05) is 12.1 Å². The van der Waals surface area contributed by atoms with Gasteiger partial charge in [-0.3, -0.25) is 0 Å². The summed E-state index contributed by atoms with van der Waals surface area (Å²) in [6, 6.07) is 13.6. The minimum absolute atomic E-state index is 0.0696. The molecule has 0 spiro atoms. The predicted molar refractivity (Wildman–Crippen MR) is 130 cm³/mol. The van der Waals surface area contributed by atoms with Crippen molar-refractivity contribution in [1.82, 2.24) is 9.62 Å². The summed E-state index contributed by atoms with van der Waals surface area (Å²) in [6.07, 6.45) is 0.743. The van der Waals surface area contributed by atoms with E-state index < -0.39 is 15.6 Å². The van der Waals surface area contributed by atoms with E-state index in [-0.39, 0.29) is 35.0 Å². The summed E-state index contributed by atoms with van der Waals surface area (Å²) in [7, 11) is -2.47. The molecule has 2 aromatic rings. The van der Waals surface area contributed by atoms with E-state index in [1.54, 1.807) is 4.90 Å². The number of nitriles is 1. The van der Waals surface area contributed by atoms with Crippen LogP contribution in [-0.4, -0.2) is 57.9 Å². The fraction of sp³-hybridized carbons (Fsp3) is 0.440. The van der Waals surface area contributed by atoms with Gasteiger partial charge in [-0.15, -0.1) is 0 Å².